The van der Waals surface area contributed by atoms with Gasteiger partial charge in [-0.2, -0.15) is 11.8 Å². The Hall–Kier alpha value is 0.0100. The van der Waals surface area contributed by atoms with Gasteiger partial charge in [0.2, 0.25) is 0 Å². The SMILES string of the molecule is C=C(CN)CN1CCSCC1C. The van der Waals surface area contributed by atoms with Crippen LogP contribution in [0.3, 0.4) is 0 Å². The summed E-state index contributed by atoms with van der Waals surface area (Å²) in [7, 11) is 0. The van der Waals surface area contributed by atoms with Crippen LogP contribution in [0.2, 0.25) is 0 Å². The van der Waals surface area contributed by atoms with E-state index in [1.54, 1.807) is 0 Å². The molecule has 0 radical (unpaired) electrons. The normalized spacial score (nSPS) is 25.7. The fourth-order valence-corrected chi connectivity index (χ4v) is 2.43. The molecule has 0 aromatic rings. The molecule has 0 aromatic carbocycles. The molecule has 0 saturated carbocycles. The molecule has 0 spiro atoms. The monoisotopic (exact) mass is 186 g/mol. The third-order valence-electron chi connectivity index (χ3n) is 2.22. The molecule has 1 atom stereocenters. The molecule has 0 amide bonds. The molecule has 1 aliphatic heterocycles. The van der Waals surface area contributed by atoms with Crippen molar-refractivity contribution in [3.05, 3.63) is 12.2 Å². The zero-order valence-corrected chi connectivity index (χ0v) is 8.57. The smallest absolute Gasteiger partial charge is 0.0206 e. The number of hydrogen-bond donors (Lipinski definition) is 1. The standard InChI is InChI=1S/C9H18N2S/c1-8(5-10)6-11-3-4-12-7-9(11)2/h9H,1,3-7,10H2,2H3. The van der Waals surface area contributed by atoms with Crippen molar-refractivity contribution >= 4 is 11.8 Å². The molecule has 1 heterocycles. The van der Waals surface area contributed by atoms with E-state index in [-0.39, 0.29) is 0 Å². The lowest BCUT2D eigenvalue weighted by Crippen LogP contribution is -2.41. The van der Waals surface area contributed by atoms with Gasteiger partial charge in [-0.15, -0.1) is 0 Å². The third kappa shape index (κ3) is 2.81. The van der Waals surface area contributed by atoms with Gasteiger partial charge in [0.15, 0.2) is 0 Å². The molecular weight excluding hydrogens is 168 g/mol. The number of rotatable bonds is 3. The van der Waals surface area contributed by atoms with E-state index in [2.05, 4.69) is 18.4 Å². The molecular formula is C9H18N2S. The van der Waals surface area contributed by atoms with E-state index < -0.39 is 0 Å². The Morgan fingerprint density at radius 2 is 2.50 bits per heavy atom. The van der Waals surface area contributed by atoms with Gasteiger partial charge in [-0.25, -0.2) is 0 Å². The van der Waals surface area contributed by atoms with Crippen LogP contribution in [0, 0.1) is 0 Å². The van der Waals surface area contributed by atoms with Crippen molar-refractivity contribution in [3.63, 3.8) is 0 Å². The first kappa shape index (κ1) is 10.1. The van der Waals surface area contributed by atoms with E-state index >= 15 is 0 Å². The zero-order chi connectivity index (χ0) is 8.97. The summed E-state index contributed by atoms with van der Waals surface area (Å²) in [5, 5.41) is 0. The Morgan fingerprint density at radius 3 is 3.08 bits per heavy atom. The van der Waals surface area contributed by atoms with Gasteiger partial charge in [0.05, 0.1) is 0 Å². The second-order valence-electron chi connectivity index (χ2n) is 3.35. The summed E-state index contributed by atoms with van der Waals surface area (Å²) < 4.78 is 0. The van der Waals surface area contributed by atoms with Gasteiger partial charge in [-0.1, -0.05) is 6.58 Å². The summed E-state index contributed by atoms with van der Waals surface area (Å²) in [6.07, 6.45) is 0. The lowest BCUT2D eigenvalue weighted by Gasteiger charge is -2.33. The van der Waals surface area contributed by atoms with Crippen LogP contribution >= 0.6 is 11.8 Å². The summed E-state index contributed by atoms with van der Waals surface area (Å²) in [4.78, 5) is 2.46. The summed E-state index contributed by atoms with van der Waals surface area (Å²) in [5.41, 5.74) is 6.65. The second kappa shape index (κ2) is 4.90. The minimum Gasteiger partial charge on any atom is -0.327 e. The van der Waals surface area contributed by atoms with E-state index in [4.69, 9.17) is 5.73 Å². The average molecular weight is 186 g/mol. The van der Waals surface area contributed by atoms with Gasteiger partial charge in [-0.3, -0.25) is 4.90 Å². The summed E-state index contributed by atoms with van der Waals surface area (Å²) in [6.45, 7) is 8.99. The van der Waals surface area contributed by atoms with Crippen LogP contribution in [-0.4, -0.2) is 42.1 Å². The van der Waals surface area contributed by atoms with Crippen molar-refractivity contribution in [1.82, 2.24) is 4.90 Å². The van der Waals surface area contributed by atoms with Crippen LogP contribution in [-0.2, 0) is 0 Å². The minimum absolute atomic E-state index is 0.621. The van der Waals surface area contributed by atoms with Crippen molar-refractivity contribution in [2.75, 3.05) is 31.1 Å². The van der Waals surface area contributed by atoms with Gasteiger partial charge < -0.3 is 5.73 Å². The van der Waals surface area contributed by atoms with E-state index in [1.165, 1.54) is 18.1 Å². The van der Waals surface area contributed by atoms with E-state index in [0.29, 0.717) is 12.6 Å². The summed E-state index contributed by atoms with van der Waals surface area (Å²) >= 11 is 2.04. The Balaban J connectivity index is 2.33. The van der Waals surface area contributed by atoms with Gasteiger partial charge in [0, 0.05) is 37.2 Å². The number of nitrogens with zero attached hydrogens (tertiary/aromatic N) is 1. The molecule has 1 saturated heterocycles. The van der Waals surface area contributed by atoms with Crippen LogP contribution in [0.25, 0.3) is 0 Å². The largest absolute Gasteiger partial charge is 0.327 e. The molecule has 0 bridgehead atoms. The molecule has 0 aliphatic carbocycles. The van der Waals surface area contributed by atoms with Crippen LogP contribution < -0.4 is 5.73 Å². The van der Waals surface area contributed by atoms with E-state index in [0.717, 1.165) is 12.1 Å². The highest BCUT2D eigenvalue weighted by atomic mass is 32.2. The minimum atomic E-state index is 0.621. The molecule has 12 heavy (non-hydrogen) atoms. The fraction of sp³-hybridized carbons (Fsp3) is 0.778. The predicted octanol–water partition coefficient (Wildman–Crippen LogP) is 0.939. The lowest BCUT2D eigenvalue weighted by atomic mass is 10.2. The van der Waals surface area contributed by atoms with Gasteiger partial charge in [0.1, 0.15) is 0 Å². The van der Waals surface area contributed by atoms with Crippen molar-refractivity contribution in [2.45, 2.75) is 13.0 Å². The molecule has 1 rings (SSSR count). The molecule has 1 fully saturated rings. The summed E-state index contributed by atoms with van der Waals surface area (Å²) in [5.74, 6) is 2.50. The Labute approximate surface area is 79.2 Å². The number of thioether (sulfide) groups is 1. The van der Waals surface area contributed by atoms with E-state index in [1.807, 2.05) is 11.8 Å². The van der Waals surface area contributed by atoms with Crippen molar-refractivity contribution in [3.8, 4) is 0 Å². The maximum atomic E-state index is 5.50. The van der Waals surface area contributed by atoms with E-state index in [9.17, 15) is 0 Å². The zero-order valence-electron chi connectivity index (χ0n) is 7.75. The van der Waals surface area contributed by atoms with Crippen molar-refractivity contribution < 1.29 is 0 Å². The molecule has 3 heteroatoms. The molecule has 70 valence electrons. The Morgan fingerprint density at radius 1 is 1.75 bits per heavy atom. The Bertz CT molecular complexity index is 159. The third-order valence-corrected chi connectivity index (χ3v) is 3.41. The molecule has 1 aliphatic rings. The Kier molecular flexibility index (Phi) is 4.12. The molecule has 2 nitrogen and oxygen atoms in total. The highest BCUT2D eigenvalue weighted by molar-refractivity contribution is 7.99. The van der Waals surface area contributed by atoms with Crippen LogP contribution in [0.1, 0.15) is 6.92 Å². The van der Waals surface area contributed by atoms with Gasteiger partial charge >= 0.3 is 0 Å². The van der Waals surface area contributed by atoms with Crippen LogP contribution in [0.5, 0.6) is 0 Å². The van der Waals surface area contributed by atoms with Crippen molar-refractivity contribution in [1.29, 1.82) is 0 Å². The van der Waals surface area contributed by atoms with Crippen LogP contribution in [0.4, 0.5) is 0 Å². The highest BCUT2D eigenvalue weighted by Gasteiger charge is 2.18. The van der Waals surface area contributed by atoms with Crippen molar-refractivity contribution in [2.24, 2.45) is 5.73 Å². The highest BCUT2D eigenvalue weighted by Crippen LogP contribution is 2.16. The number of nitrogens with two attached hydrogens (primary N) is 1. The topological polar surface area (TPSA) is 29.3 Å². The molecule has 0 aromatic heterocycles. The maximum absolute atomic E-state index is 5.50. The van der Waals surface area contributed by atoms with Crippen LogP contribution in [0.15, 0.2) is 12.2 Å². The number of hydrogen-bond acceptors (Lipinski definition) is 3. The first-order valence-electron chi connectivity index (χ1n) is 4.42. The predicted molar refractivity (Wildman–Crippen MR) is 56.6 cm³/mol. The lowest BCUT2D eigenvalue weighted by molar-refractivity contribution is 0.252. The molecule has 1 unspecified atom stereocenters. The average Bonchev–Trinajstić information content (AvgIpc) is 2.09. The van der Waals surface area contributed by atoms with Gasteiger partial charge in [0.25, 0.3) is 0 Å². The maximum Gasteiger partial charge on any atom is 0.0206 e. The first-order valence-corrected chi connectivity index (χ1v) is 5.58. The quantitative estimate of drug-likeness (QED) is 0.665. The summed E-state index contributed by atoms with van der Waals surface area (Å²) in [6, 6.07) is 0.687. The second-order valence-corrected chi connectivity index (χ2v) is 4.50. The molecule has 2 N–H and O–H groups in total. The van der Waals surface area contributed by atoms with Gasteiger partial charge in [-0.05, 0) is 12.5 Å². The fourth-order valence-electron chi connectivity index (χ4n) is 1.35. The first-order chi connectivity index (χ1) is 5.74.